The summed E-state index contributed by atoms with van der Waals surface area (Å²) in [5.74, 6) is 1.70. The zero-order valence-corrected chi connectivity index (χ0v) is 13.8. The van der Waals surface area contributed by atoms with Crippen LogP contribution in [0.25, 0.3) is 5.65 Å². The second-order valence-corrected chi connectivity index (χ2v) is 6.82. The summed E-state index contributed by atoms with van der Waals surface area (Å²) in [5, 5.41) is 0. The van der Waals surface area contributed by atoms with Crippen LogP contribution in [-0.2, 0) is 5.41 Å². The van der Waals surface area contributed by atoms with Gasteiger partial charge in [-0.2, -0.15) is 0 Å². The normalized spacial score (nSPS) is 11.9. The average molecular weight is 294 g/mol. The standard InChI is InChI=1S/C19H22N2O/c1-13-10-15(19(3,4)5)6-7-17(13)22-16-8-9-21-14(2)12-20-18(21)11-16/h6-12H,1-5H3. The van der Waals surface area contributed by atoms with E-state index >= 15 is 0 Å². The Morgan fingerprint density at radius 2 is 1.82 bits per heavy atom. The molecule has 114 valence electrons. The number of fused-ring (bicyclic) bond motifs is 1. The number of imidazole rings is 1. The minimum absolute atomic E-state index is 0.148. The summed E-state index contributed by atoms with van der Waals surface area (Å²) >= 11 is 0. The van der Waals surface area contributed by atoms with Crippen molar-refractivity contribution in [3.05, 3.63) is 59.5 Å². The van der Waals surface area contributed by atoms with Crippen molar-refractivity contribution in [1.29, 1.82) is 0 Å². The minimum Gasteiger partial charge on any atom is -0.457 e. The van der Waals surface area contributed by atoms with E-state index in [-0.39, 0.29) is 5.41 Å². The molecule has 0 unspecified atom stereocenters. The Hall–Kier alpha value is -2.29. The molecule has 3 rings (SSSR count). The summed E-state index contributed by atoms with van der Waals surface area (Å²) < 4.78 is 8.08. The Kier molecular flexibility index (Phi) is 3.44. The van der Waals surface area contributed by atoms with Crippen molar-refractivity contribution in [1.82, 2.24) is 9.38 Å². The van der Waals surface area contributed by atoms with Gasteiger partial charge in [0.15, 0.2) is 0 Å². The molecule has 0 radical (unpaired) electrons. The van der Waals surface area contributed by atoms with Crippen LogP contribution < -0.4 is 4.74 Å². The van der Waals surface area contributed by atoms with E-state index in [1.807, 2.05) is 35.9 Å². The minimum atomic E-state index is 0.148. The summed E-state index contributed by atoms with van der Waals surface area (Å²) in [4.78, 5) is 4.37. The van der Waals surface area contributed by atoms with Crippen molar-refractivity contribution in [2.45, 2.75) is 40.0 Å². The monoisotopic (exact) mass is 294 g/mol. The molecule has 0 saturated carbocycles. The Morgan fingerprint density at radius 1 is 1.05 bits per heavy atom. The first-order valence-corrected chi connectivity index (χ1v) is 7.57. The number of pyridine rings is 1. The number of hydrogen-bond donors (Lipinski definition) is 0. The van der Waals surface area contributed by atoms with Crippen LogP contribution in [0.4, 0.5) is 0 Å². The van der Waals surface area contributed by atoms with Gasteiger partial charge in [-0.25, -0.2) is 4.98 Å². The highest BCUT2D eigenvalue weighted by Gasteiger charge is 2.15. The zero-order valence-electron chi connectivity index (χ0n) is 13.8. The molecule has 2 heterocycles. The molecule has 3 heteroatoms. The fourth-order valence-corrected chi connectivity index (χ4v) is 2.51. The van der Waals surface area contributed by atoms with E-state index < -0.39 is 0 Å². The van der Waals surface area contributed by atoms with Gasteiger partial charge in [0.25, 0.3) is 0 Å². The molecule has 0 aliphatic heterocycles. The van der Waals surface area contributed by atoms with Gasteiger partial charge >= 0.3 is 0 Å². The Balaban J connectivity index is 1.91. The molecule has 0 atom stereocenters. The third-order valence-corrected chi connectivity index (χ3v) is 3.94. The van der Waals surface area contributed by atoms with Crippen LogP contribution in [0, 0.1) is 13.8 Å². The van der Waals surface area contributed by atoms with Gasteiger partial charge in [-0.3, -0.25) is 0 Å². The fourth-order valence-electron chi connectivity index (χ4n) is 2.51. The van der Waals surface area contributed by atoms with Gasteiger partial charge < -0.3 is 9.14 Å². The lowest BCUT2D eigenvalue weighted by molar-refractivity contribution is 0.477. The second-order valence-electron chi connectivity index (χ2n) is 6.82. The molecule has 0 amide bonds. The fraction of sp³-hybridized carbons (Fsp3) is 0.316. The lowest BCUT2D eigenvalue weighted by Gasteiger charge is -2.20. The average Bonchev–Trinajstić information content (AvgIpc) is 2.81. The lowest BCUT2D eigenvalue weighted by atomic mass is 9.86. The van der Waals surface area contributed by atoms with E-state index in [0.717, 1.165) is 28.4 Å². The molecule has 2 aromatic heterocycles. The zero-order chi connectivity index (χ0) is 15.9. The van der Waals surface area contributed by atoms with Crippen LogP contribution in [0.3, 0.4) is 0 Å². The number of hydrogen-bond acceptors (Lipinski definition) is 2. The Labute approximate surface area is 131 Å². The first-order valence-electron chi connectivity index (χ1n) is 7.57. The molecule has 0 spiro atoms. The van der Waals surface area contributed by atoms with Gasteiger partial charge in [0.05, 0.1) is 0 Å². The molecule has 0 fully saturated rings. The number of aryl methyl sites for hydroxylation is 2. The number of nitrogens with zero attached hydrogens (tertiary/aromatic N) is 2. The van der Waals surface area contributed by atoms with Crippen LogP contribution in [-0.4, -0.2) is 9.38 Å². The van der Waals surface area contributed by atoms with Crippen LogP contribution >= 0.6 is 0 Å². The third-order valence-electron chi connectivity index (χ3n) is 3.94. The van der Waals surface area contributed by atoms with Gasteiger partial charge in [-0.15, -0.1) is 0 Å². The first kappa shape index (κ1) is 14.6. The summed E-state index contributed by atoms with van der Waals surface area (Å²) in [7, 11) is 0. The molecule has 1 aromatic carbocycles. The number of rotatable bonds is 2. The Bertz CT molecular complexity index is 825. The van der Waals surface area contributed by atoms with E-state index in [1.165, 1.54) is 5.56 Å². The van der Waals surface area contributed by atoms with E-state index in [9.17, 15) is 0 Å². The summed E-state index contributed by atoms with van der Waals surface area (Å²) in [6, 6.07) is 10.3. The maximum atomic E-state index is 6.04. The van der Waals surface area contributed by atoms with Crippen LogP contribution in [0.2, 0.25) is 0 Å². The summed E-state index contributed by atoms with van der Waals surface area (Å²) in [5.41, 5.74) is 4.63. The van der Waals surface area contributed by atoms with Crippen LogP contribution in [0.15, 0.2) is 42.7 Å². The van der Waals surface area contributed by atoms with Gasteiger partial charge in [0, 0.05) is 24.2 Å². The molecule has 0 aliphatic rings. The maximum Gasteiger partial charge on any atom is 0.140 e. The van der Waals surface area contributed by atoms with Crippen molar-refractivity contribution in [3.8, 4) is 11.5 Å². The van der Waals surface area contributed by atoms with E-state index in [2.05, 4.69) is 50.9 Å². The quantitative estimate of drug-likeness (QED) is 0.662. The van der Waals surface area contributed by atoms with Crippen molar-refractivity contribution >= 4 is 5.65 Å². The van der Waals surface area contributed by atoms with Crippen molar-refractivity contribution in [3.63, 3.8) is 0 Å². The molecule has 0 aliphatic carbocycles. The number of benzene rings is 1. The third kappa shape index (κ3) is 2.71. The second kappa shape index (κ2) is 5.16. The first-order chi connectivity index (χ1) is 10.3. The smallest absolute Gasteiger partial charge is 0.140 e. The number of ether oxygens (including phenoxy) is 1. The van der Waals surface area contributed by atoms with Crippen molar-refractivity contribution in [2.75, 3.05) is 0 Å². The van der Waals surface area contributed by atoms with Gasteiger partial charge in [-0.1, -0.05) is 32.9 Å². The number of aromatic nitrogens is 2. The predicted molar refractivity (Wildman–Crippen MR) is 89.9 cm³/mol. The molecule has 0 bridgehead atoms. The van der Waals surface area contributed by atoms with Crippen LogP contribution in [0.1, 0.15) is 37.6 Å². The topological polar surface area (TPSA) is 26.5 Å². The maximum absolute atomic E-state index is 6.04. The predicted octanol–water partition coefficient (Wildman–Crippen LogP) is 5.04. The molecular weight excluding hydrogens is 272 g/mol. The molecule has 0 saturated heterocycles. The molecule has 22 heavy (non-hydrogen) atoms. The van der Waals surface area contributed by atoms with E-state index in [0.29, 0.717) is 0 Å². The molecule has 0 N–H and O–H groups in total. The van der Waals surface area contributed by atoms with Gasteiger partial charge in [0.1, 0.15) is 17.1 Å². The SMILES string of the molecule is Cc1cc(C(C)(C)C)ccc1Oc1ccn2c(C)cnc2c1. The molecule has 3 aromatic rings. The van der Waals surface area contributed by atoms with E-state index in [4.69, 9.17) is 4.74 Å². The lowest BCUT2D eigenvalue weighted by Crippen LogP contribution is -2.11. The highest BCUT2D eigenvalue weighted by atomic mass is 16.5. The highest BCUT2D eigenvalue weighted by Crippen LogP contribution is 2.30. The van der Waals surface area contributed by atoms with Crippen molar-refractivity contribution in [2.24, 2.45) is 0 Å². The largest absolute Gasteiger partial charge is 0.457 e. The summed E-state index contributed by atoms with van der Waals surface area (Å²) in [6.45, 7) is 10.8. The van der Waals surface area contributed by atoms with Crippen molar-refractivity contribution < 1.29 is 4.74 Å². The van der Waals surface area contributed by atoms with Gasteiger partial charge in [0.2, 0.25) is 0 Å². The van der Waals surface area contributed by atoms with E-state index in [1.54, 1.807) is 0 Å². The summed E-state index contributed by atoms with van der Waals surface area (Å²) in [6.07, 6.45) is 3.86. The van der Waals surface area contributed by atoms with Crippen LogP contribution in [0.5, 0.6) is 11.5 Å². The molecule has 3 nitrogen and oxygen atoms in total. The molecular formula is C19H22N2O. The van der Waals surface area contributed by atoms with Gasteiger partial charge in [-0.05, 0) is 42.5 Å². The Morgan fingerprint density at radius 3 is 2.50 bits per heavy atom. The highest BCUT2D eigenvalue weighted by molar-refractivity contribution is 5.48.